The van der Waals surface area contributed by atoms with E-state index in [1.165, 1.54) is 11.1 Å². The molecule has 1 aliphatic heterocycles. The highest BCUT2D eigenvalue weighted by atomic mass is 32.2. The zero-order valence-corrected chi connectivity index (χ0v) is 16.5. The molecule has 0 unspecified atom stereocenters. The lowest BCUT2D eigenvalue weighted by atomic mass is 10.0. The second-order valence-corrected chi connectivity index (χ2v) is 7.80. The largest absolute Gasteiger partial charge is 0.323 e. The predicted octanol–water partition coefficient (Wildman–Crippen LogP) is 4.79. The van der Waals surface area contributed by atoms with E-state index in [9.17, 15) is 9.59 Å². The van der Waals surface area contributed by atoms with E-state index >= 15 is 0 Å². The SMILES string of the molecule is Cc1ccc2c(c1)CCCN2C(=O)SCC(=O)Nc1cccc2cccnc12. The molecule has 28 heavy (non-hydrogen) atoms. The number of aromatic nitrogens is 1. The quantitative estimate of drug-likeness (QED) is 0.697. The zero-order valence-electron chi connectivity index (χ0n) is 15.6. The topological polar surface area (TPSA) is 62.3 Å². The van der Waals surface area contributed by atoms with Gasteiger partial charge in [-0.1, -0.05) is 47.7 Å². The molecule has 3 aromatic rings. The summed E-state index contributed by atoms with van der Waals surface area (Å²) < 4.78 is 0. The third-order valence-electron chi connectivity index (χ3n) is 4.81. The summed E-state index contributed by atoms with van der Waals surface area (Å²) in [6.45, 7) is 2.75. The smallest absolute Gasteiger partial charge is 0.286 e. The van der Waals surface area contributed by atoms with E-state index in [2.05, 4.69) is 23.3 Å². The molecule has 0 saturated carbocycles. The number of hydrogen-bond donors (Lipinski definition) is 1. The highest BCUT2D eigenvalue weighted by Crippen LogP contribution is 2.30. The number of pyridine rings is 1. The van der Waals surface area contributed by atoms with Gasteiger partial charge in [0.05, 0.1) is 17.0 Å². The fourth-order valence-electron chi connectivity index (χ4n) is 3.51. The number of rotatable bonds is 3. The van der Waals surface area contributed by atoms with Crippen LogP contribution in [0.5, 0.6) is 0 Å². The molecule has 0 atom stereocenters. The Kier molecular flexibility index (Phi) is 5.30. The molecule has 5 nitrogen and oxygen atoms in total. The lowest BCUT2D eigenvalue weighted by Crippen LogP contribution is -2.33. The first-order valence-electron chi connectivity index (χ1n) is 9.29. The molecule has 0 spiro atoms. The van der Waals surface area contributed by atoms with Gasteiger partial charge in [0.1, 0.15) is 0 Å². The van der Waals surface area contributed by atoms with E-state index in [1.807, 2.05) is 42.5 Å². The van der Waals surface area contributed by atoms with E-state index in [-0.39, 0.29) is 16.9 Å². The Balaban J connectivity index is 1.41. The van der Waals surface area contributed by atoms with Crippen LogP contribution in [0.2, 0.25) is 0 Å². The second-order valence-electron chi connectivity index (χ2n) is 6.87. The highest BCUT2D eigenvalue weighted by Gasteiger charge is 2.23. The van der Waals surface area contributed by atoms with Gasteiger partial charge in [0.25, 0.3) is 5.24 Å². The van der Waals surface area contributed by atoms with Crippen LogP contribution in [0.4, 0.5) is 16.2 Å². The Morgan fingerprint density at radius 3 is 2.93 bits per heavy atom. The minimum atomic E-state index is -0.211. The van der Waals surface area contributed by atoms with Crippen LogP contribution in [0.3, 0.4) is 0 Å². The molecule has 0 aliphatic carbocycles. The van der Waals surface area contributed by atoms with Crippen molar-refractivity contribution in [2.75, 3.05) is 22.5 Å². The van der Waals surface area contributed by atoms with Gasteiger partial charge in [-0.25, -0.2) is 0 Å². The maximum Gasteiger partial charge on any atom is 0.286 e. The Bertz CT molecular complexity index is 1050. The summed E-state index contributed by atoms with van der Waals surface area (Å²) in [5.41, 5.74) is 4.77. The molecule has 2 amide bonds. The summed E-state index contributed by atoms with van der Waals surface area (Å²) in [7, 11) is 0. The summed E-state index contributed by atoms with van der Waals surface area (Å²) >= 11 is 1.04. The first-order valence-corrected chi connectivity index (χ1v) is 10.3. The molecule has 4 rings (SSSR count). The van der Waals surface area contributed by atoms with Crippen molar-refractivity contribution in [2.24, 2.45) is 0 Å². The maximum absolute atomic E-state index is 12.7. The van der Waals surface area contributed by atoms with Crippen molar-refractivity contribution in [3.63, 3.8) is 0 Å². The van der Waals surface area contributed by atoms with Gasteiger partial charge in [0.15, 0.2) is 0 Å². The summed E-state index contributed by atoms with van der Waals surface area (Å²) in [4.78, 5) is 31.2. The Labute approximate surface area is 168 Å². The van der Waals surface area contributed by atoms with Gasteiger partial charge >= 0.3 is 0 Å². The fraction of sp³-hybridized carbons (Fsp3) is 0.227. The van der Waals surface area contributed by atoms with Crippen molar-refractivity contribution in [3.05, 3.63) is 65.9 Å². The van der Waals surface area contributed by atoms with Crippen LogP contribution in [-0.4, -0.2) is 28.4 Å². The van der Waals surface area contributed by atoms with Gasteiger partial charge in [-0.05, 0) is 43.5 Å². The fourth-order valence-corrected chi connectivity index (χ4v) is 4.18. The highest BCUT2D eigenvalue weighted by molar-refractivity contribution is 8.14. The normalized spacial score (nSPS) is 13.2. The van der Waals surface area contributed by atoms with Crippen LogP contribution < -0.4 is 10.2 Å². The molecule has 1 N–H and O–H groups in total. The van der Waals surface area contributed by atoms with Crippen molar-refractivity contribution in [2.45, 2.75) is 19.8 Å². The van der Waals surface area contributed by atoms with E-state index in [4.69, 9.17) is 0 Å². The molecular weight excluding hydrogens is 370 g/mol. The number of anilines is 2. The van der Waals surface area contributed by atoms with Gasteiger partial charge in [-0.15, -0.1) is 0 Å². The molecule has 2 aromatic carbocycles. The Morgan fingerprint density at radius 2 is 2.04 bits per heavy atom. The van der Waals surface area contributed by atoms with Gasteiger partial charge in [0.2, 0.25) is 5.91 Å². The number of thioether (sulfide) groups is 1. The van der Waals surface area contributed by atoms with Gasteiger partial charge in [-0.3, -0.25) is 14.6 Å². The number of carbonyl (C=O) groups excluding carboxylic acids is 2. The lowest BCUT2D eigenvalue weighted by molar-refractivity contribution is -0.113. The van der Waals surface area contributed by atoms with Crippen molar-refractivity contribution in [1.29, 1.82) is 0 Å². The number of fused-ring (bicyclic) bond motifs is 2. The monoisotopic (exact) mass is 391 g/mol. The number of aryl methyl sites for hydroxylation is 2. The Morgan fingerprint density at radius 1 is 1.18 bits per heavy atom. The molecule has 1 aromatic heterocycles. The number of nitrogens with one attached hydrogen (secondary N) is 1. The van der Waals surface area contributed by atoms with Crippen LogP contribution >= 0.6 is 11.8 Å². The first-order chi connectivity index (χ1) is 13.6. The van der Waals surface area contributed by atoms with Crippen LogP contribution in [0.25, 0.3) is 10.9 Å². The van der Waals surface area contributed by atoms with E-state index in [1.54, 1.807) is 11.1 Å². The van der Waals surface area contributed by atoms with Crippen LogP contribution in [0, 0.1) is 6.92 Å². The Hall–Kier alpha value is -2.86. The number of hydrogen-bond acceptors (Lipinski definition) is 4. The molecule has 0 bridgehead atoms. The molecule has 0 radical (unpaired) electrons. The number of carbonyl (C=O) groups is 2. The molecule has 0 fully saturated rings. The molecular formula is C22H21N3O2S. The first kappa shape index (κ1) is 18.5. The van der Waals surface area contributed by atoms with E-state index in [0.29, 0.717) is 12.2 Å². The minimum absolute atomic E-state index is 0.0692. The summed E-state index contributed by atoms with van der Waals surface area (Å²) in [5.74, 6) is -0.141. The van der Waals surface area contributed by atoms with E-state index in [0.717, 1.165) is 41.2 Å². The van der Waals surface area contributed by atoms with Gasteiger partial charge in [0, 0.05) is 23.8 Å². The number of amides is 2. The van der Waals surface area contributed by atoms with Gasteiger partial charge in [-0.2, -0.15) is 0 Å². The van der Waals surface area contributed by atoms with Gasteiger partial charge < -0.3 is 10.2 Å². The number of para-hydroxylation sites is 1. The van der Waals surface area contributed by atoms with Crippen LogP contribution in [-0.2, 0) is 11.2 Å². The summed E-state index contributed by atoms with van der Waals surface area (Å²) in [5, 5.41) is 3.75. The third kappa shape index (κ3) is 3.87. The standard InChI is InChI=1S/C22H21N3O2S/c1-15-9-10-19-17(13-15)7-4-12-25(19)22(27)28-14-20(26)24-18-8-2-5-16-6-3-11-23-21(16)18/h2-3,5-6,8-11,13H,4,7,12,14H2,1H3,(H,24,26). The predicted molar refractivity (Wildman–Crippen MR) is 115 cm³/mol. The average Bonchev–Trinajstić information content (AvgIpc) is 2.71. The summed E-state index contributed by atoms with van der Waals surface area (Å²) in [6, 6.07) is 15.6. The molecule has 6 heteroatoms. The van der Waals surface area contributed by atoms with Crippen molar-refractivity contribution in [1.82, 2.24) is 4.98 Å². The van der Waals surface area contributed by atoms with E-state index < -0.39 is 0 Å². The summed E-state index contributed by atoms with van der Waals surface area (Å²) in [6.07, 6.45) is 3.63. The maximum atomic E-state index is 12.7. The number of nitrogens with zero attached hydrogens (tertiary/aromatic N) is 2. The van der Waals surface area contributed by atoms with Crippen LogP contribution in [0.1, 0.15) is 17.5 Å². The lowest BCUT2D eigenvalue weighted by Gasteiger charge is -2.29. The van der Waals surface area contributed by atoms with Crippen molar-refractivity contribution < 1.29 is 9.59 Å². The molecule has 1 aliphatic rings. The molecule has 0 saturated heterocycles. The minimum Gasteiger partial charge on any atom is -0.323 e. The molecule has 2 heterocycles. The zero-order chi connectivity index (χ0) is 19.5. The number of benzene rings is 2. The van der Waals surface area contributed by atoms with Crippen molar-refractivity contribution in [3.8, 4) is 0 Å². The second kappa shape index (κ2) is 8.02. The van der Waals surface area contributed by atoms with Crippen LogP contribution in [0.15, 0.2) is 54.7 Å². The average molecular weight is 391 g/mol. The third-order valence-corrected chi connectivity index (χ3v) is 5.68. The van der Waals surface area contributed by atoms with Crippen molar-refractivity contribution >= 4 is 45.2 Å². The molecule has 142 valence electrons.